The van der Waals surface area contributed by atoms with E-state index in [2.05, 4.69) is 17.8 Å². The molecule has 134 valence electrons. The van der Waals surface area contributed by atoms with E-state index in [1.165, 1.54) is 0 Å². The van der Waals surface area contributed by atoms with Crippen LogP contribution in [0.1, 0.15) is 29.3 Å². The van der Waals surface area contributed by atoms with Gasteiger partial charge in [0, 0.05) is 24.2 Å². The molecule has 3 amide bonds. The monoisotopic (exact) mass is 351 g/mol. The smallest absolute Gasteiger partial charge is 0.269 e. The standard InChI is InChI=1S/C20H21N3O3/c1-2-14-7-6-10-17(11-14)23-13-16(12-18(23)24)20(26)22-21-19(25)15-8-4-3-5-9-15/h3-11,16H,2,12-13H2,1H3,(H,21,25)(H,22,26). The number of amides is 3. The lowest BCUT2D eigenvalue weighted by molar-refractivity contribution is -0.126. The molecule has 3 rings (SSSR count). The highest BCUT2D eigenvalue weighted by Gasteiger charge is 2.35. The molecule has 0 aliphatic carbocycles. The molecule has 0 aromatic heterocycles. The Balaban J connectivity index is 1.59. The fourth-order valence-corrected chi connectivity index (χ4v) is 2.96. The Morgan fingerprint density at radius 2 is 1.85 bits per heavy atom. The minimum absolute atomic E-state index is 0.0900. The summed E-state index contributed by atoms with van der Waals surface area (Å²) in [7, 11) is 0. The van der Waals surface area contributed by atoms with Crippen LogP contribution in [0, 0.1) is 5.92 Å². The Kier molecular flexibility index (Phi) is 5.31. The minimum atomic E-state index is -0.496. The summed E-state index contributed by atoms with van der Waals surface area (Å²) in [4.78, 5) is 38.2. The molecular formula is C20H21N3O3. The summed E-state index contributed by atoms with van der Waals surface area (Å²) < 4.78 is 0. The molecule has 6 nitrogen and oxygen atoms in total. The van der Waals surface area contributed by atoms with Gasteiger partial charge in [-0.3, -0.25) is 25.2 Å². The predicted molar refractivity (Wildman–Crippen MR) is 98.3 cm³/mol. The first-order chi connectivity index (χ1) is 12.6. The summed E-state index contributed by atoms with van der Waals surface area (Å²) in [6.45, 7) is 2.36. The van der Waals surface area contributed by atoms with E-state index in [-0.39, 0.29) is 18.2 Å². The molecule has 0 bridgehead atoms. The molecule has 1 unspecified atom stereocenters. The van der Waals surface area contributed by atoms with Crippen molar-refractivity contribution in [2.45, 2.75) is 19.8 Å². The molecule has 2 aromatic rings. The van der Waals surface area contributed by atoms with E-state index in [9.17, 15) is 14.4 Å². The second-order valence-corrected chi connectivity index (χ2v) is 6.24. The highest BCUT2D eigenvalue weighted by atomic mass is 16.2. The number of rotatable bonds is 4. The quantitative estimate of drug-likeness (QED) is 0.828. The molecule has 2 N–H and O–H groups in total. The van der Waals surface area contributed by atoms with Crippen molar-refractivity contribution in [2.75, 3.05) is 11.4 Å². The van der Waals surface area contributed by atoms with Crippen LogP contribution in [-0.2, 0) is 16.0 Å². The van der Waals surface area contributed by atoms with Crippen LogP contribution in [-0.4, -0.2) is 24.3 Å². The van der Waals surface area contributed by atoms with Crippen LogP contribution in [0.3, 0.4) is 0 Å². The minimum Gasteiger partial charge on any atom is -0.312 e. The van der Waals surface area contributed by atoms with Crippen molar-refractivity contribution in [1.29, 1.82) is 0 Å². The first-order valence-electron chi connectivity index (χ1n) is 8.63. The molecule has 26 heavy (non-hydrogen) atoms. The maximum atomic E-state index is 12.3. The van der Waals surface area contributed by atoms with E-state index in [0.717, 1.165) is 17.7 Å². The van der Waals surface area contributed by atoms with Gasteiger partial charge in [-0.25, -0.2) is 0 Å². The molecule has 1 aliphatic rings. The van der Waals surface area contributed by atoms with Gasteiger partial charge >= 0.3 is 0 Å². The second kappa shape index (κ2) is 7.82. The summed E-state index contributed by atoms with van der Waals surface area (Å²) in [6.07, 6.45) is 1.01. The van der Waals surface area contributed by atoms with Gasteiger partial charge in [0.1, 0.15) is 0 Å². The number of hydrazine groups is 1. The lowest BCUT2D eigenvalue weighted by Gasteiger charge is -2.17. The largest absolute Gasteiger partial charge is 0.312 e. The number of carbonyl (C=O) groups is 3. The summed E-state index contributed by atoms with van der Waals surface area (Å²) in [6, 6.07) is 16.4. The van der Waals surface area contributed by atoms with Gasteiger partial charge in [0.2, 0.25) is 11.8 Å². The molecule has 0 saturated carbocycles. The Morgan fingerprint density at radius 3 is 2.58 bits per heavy atom. The number of nitrogens with one attached hydrogen (secondary N) is 2. The highest BCUT2D eigenvalue weighted by molar-refractivity contribution is 6.01. The van der Waals surface area contributed by atoms with E-state index < -0.39 is 11.8 Å². The molecule has 1 saturated heterocycles. The number of benzene rings is 2. The third kappa shape index (κ3) is 3.91. The number of hydrogen-bond acceptors (Lipinski definition) is 3. The first kappa shape index (κ1) is 17.7. The van der Waals surface area contributed by atoms with Crippen LogP contribution in [0.4, 0.5) is 5.69 Å². The van der Waals surface area contributed by atoms with Crippen LogP contribution in [0.2, 0.25) is 0 Å². The zero-order chi connectivity index (χ0) is 18.5. The molecule has 1 heterocycles. The van der Waals surface area contributed by atoms with Crippen molar-refractivity contribution < 1.29 is 14.4 Å². The average Bonchev–Trinajstić information content (AvgIpc) is 3.08. The van der Waals surface area contributed by atoms with Crippen LogP contribution < -0.4 is 15.8 Å². The maximum Gasteiger partial charge on any atom is 0.269 e. The summed E-state index contributed by atoms with van der Waals surface area (Å²) in [5, 5.41) is 0. The van der Waals surface area contributed by atoms with Gasteiger partial charge in [-0.15, -0.1) is 0 Å². The normalized spacial score (nSPS) is 16.4. The van der Waals surface area contributed by atoms with Crippen molar-refractivity contribution >= 4 is 23.4 Å². The Hall–Kier alpha value is -3.15. The van der Waals surface area contributed by atoms with E-state index in [0.29, 0.717) is 12.1 Å². The van der Waals surface area contributed by atoms with Gasteiger partial charge < -0.3 is 4.90 Å². The van der Waals surface area contributed by atoms with Gasteiger partial charge in [-0.1, -0.05) is 37.3 Å². The number of hydrogen-bond donors (Lipinski definition) is 2. The lowest BCUT2D eigenvalue weighted by Crippen LogP contribution is -2.45. The van der Waals surface area contributed by atoms with Gasteiger partial charge in [-0.05, 0) is 36.2 Å². The van der Waals surface area contributed by atoms with Gasteiger partial charge in [0.15, 0.2) is 0 Å². The number of aryl methyl sites for hydroxylation is 1. The zero-order valence-corrected chi connectivity index (χ0v) is 14.6. The summed E-state index contributed by atoms with van der Waals surface area (Å²) >= 11 is 0. The topological polar surface area (TPSA) is 78.5 Å². The Morgan fingerprint density at radius 1 is 1.08 bits per heavy atom. The van der Waals surface area contributed by atoms with Gasteiger partial charge in [0.05, 0.1) is 5.92 Å². The average molecular weight is 351 g/mol. The van der Waals surface area contributed by atoms with E-state index in [4.69, 9.17) is 0 Å². The molecule has 6 heteroatoms. The fourth-order valence-electron chi connectivity index (χ4n) is 2.96. The van der Waals surface area contributed by atoms with Crippen molar-refractivity contribution in [3.05, 3.63) is 65.7 Å². The number of carbonyl (C=O) groups excluding carboxylic acids is 3. The maximum absolute atomic E-state index is 12.3. The van der Waals surface area contributed by atoms with E-state index in [1.54, 1.807) is 29.2 Å². The SMILES string of the molecule is CCc1cccc(N2CC(C(=O)NNC(=O)c3ccccc3)CC2=O)c1. The van der Waals surface area contributed by atoms with Gasteiger partial charge in [0.25, 0.3) is 5.91 Å². The number of nitrogens with zero attached hydrogens (tertiary/aromatic N) is 1. The zero-order valence-electron chi connectivity index (χ0n) is 14.6. The van der Waals surface area contributed by atoms with E-state index >= 15 is 0 Å². The molecule has 0 spiro atoms. The first-order valence-corrected chi connectivity index (χ1v) is 8.63. The van der Waals surface area contributed by atoms with Gasteiger partial charge in [-0.2, -0.15) is 0 Å². The predicted octanol–water partition coefficient (Wildman–Crippen LogP) is 2.06. The Bertz CT molecular complexity index is 820. The van der Waals surface area contributed by atoms with Crippen LogP contribution in [0.25, 0.3) is 0 Å². The third-order valence-corrected chi connectivity index (χ3v) is 4.46. The highest BCUT2D eigenvalue weighted by Crippen LogP contribution is 2.26. The van der Waals surface area contributed by atoms with Crippen molar-refractivity contribution in [1.82, 2.24) is 10.9 Å². The summed E-state index contributed by atoms with van der Waals surface area (Å²) in [5.41, 5.74) is 7.21. The molecule has 0 radical (unpaired) electrons. The second-order valence-electron chi connectivity index (χ2n) is 6.24. The summed E-state index contributed by atoms with van der Waals surface area (Å²) in [5.74, 6) is -1.34. The van der Waals surface area contributed by atoms with Crippen molar-refractivity contribution in [2.24, 2.45) is 5.92 Å². The van der Waals surface area contributed by atoms with Crippen LogP contribution in [0.5, 0.6) is 0 Å². The van der Waals surface area contributed by atoms with Crippen molar-refractivity contribution in [3.63, 3.8) is 0 Å². The molecule has 2 aromatic carbocycles. The van der Waals surface area contributed by atoms with Crippen LogP contribution >= 0.6 is 0 Å². The molecular weight excluding hydrogens is 330 g/mol. The Labute approximate surface area is 152 Å². The molecule has 1 fully saturated rings. The number of anilines is 1. The van der Waals surface area contributed by atoms with Crippen molar-refractivity contribution in [3.8, 4) is 0 Å². The van der Waals surface area contributed by atoms with Crippen LogP contribution in [0.15, 0.2) is 54.6 Å². The third-order valence-electron chi connectivity index (χ3n) is 4.46. The molecule has 1 atom stereocenters. The lowest BCUT2D eigenvalue weighted by atomic mass is 10.1. The molecule has 1 aliphatic heterocycles. The van der Waals surface area contributed by atoms with E-state index in [1.807, 2.05) is 30.3 Å². The fraction of sp³-hybridized carbons (Fsp3) is 0.250.